The number of piperidine rings is 1. The normalized spacial score (nSPS) is 15.4. The first-order valence-corrected chi connectivity index (χ1v) is 12.6. The average molecular weight is 483 g/mol. The molecule has 1 aliphatic rings. The van der Waals surface area contributed by atoms with E-state index in [1.807, 2.05) is 29.6 Å². The summed E-state index contributed by atoms with van der Waals surface area (Å²) in [5, 5.41) is 3.12. The summed E-state index contributed by atoms with van der Waals surface area (Å²) in [5.74, 6) is 0.804. The molecular formula is C21H20Cl2N2O3S2. The van der Waals surface area contributed by atoms with Crippen LogP contribution in [-0.4, -0.2) is 38.9 Å². The standard InChI is InChI=1S/C21H20Cl2N2O3S2/c1-28-17-4-2-14(3-5-17)20-13-29-21(24-20)25-8-6-18(7-9-25)30(26,27)19-11-15(22)10-16(23)12-19/h2-5,10-13,18H,6-9H2,1H3. The Labute approximate surface area is 190 Å². The average Bonchev–Trinajstić information content (AvgIpc) is 3.23. The second kappa shape index (κ2) is 8.75. The lowest BCUT2D eigenvalue weighted by atomic mass is 10.1. The molecule has 0 radical (unpaired) electrons. The highest BCUT2D eigenvalue weighted by atomic mass is 35.5. The first kappa shape index (κ1) is 21.4. The summed E-state index contributed by atoms with van der Waals surface area (Å²) in [6.45, 7) is 1.27. The fourth-order valence-electron chi connectivity index (χ4n) is 3.55. The number of benzene rings is 2. The van der Waals surface area contributed by atoms with Gasteiger partial charge in [-0.1, -0.05) is 23.2 Å². The van der Waals surface area contributed by atoms with Crippen LogP contribution in [-0.2, 0) is 9.84 Å². The zero-order chi connectivity index (χ0) is 21.3. The SMILES string of the molecule is COc1ccc(-c2csc(N3CCC(S(=O)(=O)c4cc(Cl)cc(Cl)c4)CC3)n2)cc1. The lowest BCUT2D eigenvalue weighted by molar-refractivity contribution is 0.415. The number of nitrogens with zero attached hydrogens (tertiary/aromatic N) is 2. The summed E-state index contributed by atoms with van der Waals surface area (Å²) in [4.78, 5) is 7.08. The van der Waals surface area contributed by atoms with E-state index in [4.69, 9.17) is 32.9 Å². The van der Waals surface area contributed by atoms with Gasteiger partial charge in [0.2, 0.25) is 0 Å². The van der Waals surface area contributed by atoms with Gasteiger partial charge in [0.05, 0.1) is 22.9 Å². The van der Waals surface area contributed by atoms with Gasteiger partial charge in [-0.15, -0.1) is 11.3 Å². The second-order valence-corrected chi connectivity index (χ2v) is 11.0. The van der Waals surface area contributed by atoms with Gasteiger partial charge in [0.25, 0.3) is 0 Å². The number of anilines is 1. The van der Waals surface area contributed by atoms with Crippen molar-refractivity contribution in [2.75, 3.05) is 25.1 Å². The number of aromatic nitrogens is 1. The molecule has 158 valence electrons. The fraction of sp³-hybridized carbons (Fsp3) is 0.286. The van der Waals surface area contributed by atoms with Gasteiger partial charge in [-0.25, -0.2) is 13.4 Å². The van der Waals surface area contributed by atoms with Crippen molar-refractivity contribution in [2.24, 2.45) is 0 Å². The fourth-order valence-corrected chi connectivity index (χ4v) is 6.89. The van der Waals surface area contributed by atoms with Gasteiger partial charge < -0.3 is 9.64 Å². The highest BCUT2D eigenvalue weighted by Crippen LogP contribution is 2.33. The Bertz CT molecular complexity index is 1120. The van der Waals surface area contributed by atoms with E-state index in [0.29, 0.717) is 36.0 Å². The molecule has 1 aromatic heterocycles. The van der Waals surface area contributed by atoms with Gasteiger partial charge in [-0.05, 0) is 55.3 Å². The van der Waals surface area contributed by atoms with Crippen LogP contribution in [0.4, 0.5) is 5.13 Å². The molecule has 2 aromatic carbocycles. The summed E-state index contributed by atoms with van der Waals surface area (Å²) >= 11 is 13.6. The molecule has 4 rings (SSSR count). The topological polar surface area (TPSA) is 59.5 Å². The molecular weight excluding hydrogens is 463 g/mol. The van der Waals surface area contributed by atoms with Crippen LogP contribution in [0.1, 0.15) is 12.8 Å². The van der Waals surface area contributed by atoms with Crippen molar-refractivity contribution in [1.29, 1.82) is 0 Å². The van der Waals surface area contributed by atoms with Gasteiger partial charge in [0.15, 0.2) is 15.0 Å². The Balaban J connectivity index is 1.45. The molecule has 1 fully saturated rings. The number of thiazole rings is 1. The number of methoxy groups -OCH3 is 1. The van der Waals surface area contributed by atoms with E-state index in [1.54, 1.807) is 18.4 Å². The van der Waals surface area contributed by atoms with Gasteiger partial charge in [0, 0.05) is 34.1 Å². The number of halogens is 2. The molecule has 0 unspecified atom stereocenters. The first-order valence-electron chi connectivity index (χ1n) is 9.42. The number of hydrogen-bond donors (Lipinski definition) is 0. The largest absolute Gasteiger partial charge is 0.497 e. The van der Waals surface area contributed by atoms with Gasteiger partial charge in [-0.3, -0.25) is 0 Å². The first-order chi connectivity index (χ1) is 14.4. The molecule has 0 atom stereocenters. The van der Waals surface area contributed by atoms with Crippen molar-refractivity contribution in [3.63, 3.8) is 0 Å². The summed E-state index contributed by atoms with van der Waals surface area (Å²) in [6.07, 6.45) is 1.06. The Morgan fingerprint density at radius 1 is 1.07 bits per heavy atom. The van der Waals surface area contributed by atoms with Crippen molar-refractivity contribution < 1.29 is 13.2 Å². The van der Waals surface area contributed by atoms with Crippen molar-refractivity contribution in [3.8, 4) is 17.0 Å². The van der Waals surface area contributed by atoms with Crippen LogP contribution >= 0.6 is 34.5 Å². The molecule has 1 aliphatic heterocycles. The van der Waals surface area contributed by atoms with Crippen molar-refractivity contribution >= 4 is 49.5 Å². The number of sulfone groups is 1. The quantitative estimate of drug-likeness (QED) is 0.475. The predicted molar refractivity (Wildman–Crippen MR) is 123 cm³/mol. The molecule has 9 heteroatoms. The van der Waals surface area contributed by atoms with Crippen LogP contribution in [0.25, 0.3) is 11.3 Å². The molecule has 0 aliphatic carbocycles. The highest BCUT2D eigenvalue weighted by molar-refractivity contribution is 7.92. The summed E-state index contributed by atoms with van der Waals surface area (Å²) in [6, 6.07) is 12.3. The minimum Gasteiger partial charge on any atom is -0.497 e. The molecule has 5 nitrogen and oxygen atoms in total. The Morgan fingerprint density at radius 3 is 2.30 bits per heavy atom. The number of hydrogen-bond acceptors (Lipinski definition) is 6. The predicted octanol–water partition coefficient (Wildman–Crippen LogP) is 5.57. The Hall–Kier alpha value is -1.80. The summed E-state index contributed by atoms with van der Waals surface area (Å²) < 4.78 is 31.2. The van der Waals surface area contributed by atoms with Crippen molar-refractivity contribution in [2.45, 2.75) is 23.0 Å². The van der Waals surface area contributed by atoms with E-state index in [2.05, 4.69) is 4.90 Å². The molecule has 0 spiro atoms. The maximum absolute atomic E-state index is 13.0. The van der Waals surface area contributed by atoms with Crippen LogP contribution in [0.2, 0.25) is 10.0 Å². The van der Waals surface area contributed by atoms with Crippen molar-refractivity contribution in [3.05, 3.63) is 57.9 Å². The van der Waals surface area contributed by atoms with Crippen LogP contribution in [0.5, 0.6) is 5.75 Å². The maximum atomic E-state index is 13.0. The van der Waals surface area contributed by atoms with Crippen LogP contribution in [0, 0.1) is 0 Å². The highest BCUT2D eigenvalue weighted by Gasteiger charge is 2.32. The zero-order valence-corrected chi connectivity index (χ0v) is 19.4. The lowest BCUT2D eigenvalue weighted by Gasteiger charge is -2.31. The third-order valence-electron chi connectivity index (χ3n) is 5.19. The number of rotatable bonds is 5. The van der Waals surface area contributed by atoms with Gasteiger partial charge in [-0.2, -0.15) is 0 Å². The van der Waals surface area contributed by atoms with E-state index in [9.17, 15) is 8.42 Å². The molecule has 0 saturated carbocycles. The zero-order valence-electron chi connectivity index (χ0n) is 16.2. The van der Waals surface area contributed by atoms with E-state index < -0.39 is 15.1 Å². The Morgan fingerprint density at radius 2 is 1.70 bits per heavy atom. The minimum atomic E-state index is -3.48. The lowest BCUT2D eigenvalue weighted by Crippen LogP contribution is -2.39. The van der Waals surface area contributed by atoms with E-state index in [-0.39, 0.29) is 4.90 Å². The molecule has 0 bridgehead atoms. The monoisotopic (exact) mass is 482 g/mol. The molecule has 1 saturated heterocycles. The van der Waals surface area contributed by atoms with Crippen LogP contribution in [0.3, 0.4) is 0 Å². The van der Waals surface area contributed by atoms with Gasteiger partial charge in [0.1, 0.15) is 5.75 Å². The molecule has 3 aromatic rings. The number of ether oxygens (including phenoxy) is 1. The van der Waals surface area contributed by atoms with Crippen molar-refractivity contribution in [1.82, 2.24) is 4.98 Å². The second-order valence-electron chi connectivity index (χ2n) is 7.08. The van der Waals surface area contributed by atoms with Crippen LogP contribution < -0.4 is 9.64 Å². The minimum absolute atomic E-state index is 0.189. The molecule has 30 heavy (non-hydrogen) atoms. The van der Waals surface area contributed by atoms with E-state index in [0.717, 1.165) is 22.1 Å². The Kier molecular flexibility index (Phi) is 6.25. The third-order valence-corrected chi connectivity index (χ3v) is 8.77. The molecule has 2 heterocycles. The molecule has 0 amide bonds. The van der Waals surface area contributed by atoms with E-state index in [1.165, 1.54) is 18.2 Å². The maximum Gasteiger partial charge on any atom is 0.185 e. The molecule has 0 N–H and O–H groups in total. The smallest absolute Gasteiger partial charge is 0.185 e. The van der Waals surface area contributed by atoms with E-state index >= 15 is 0 Å². The van der Waals surface area contributed by atoms with Crippen LogP contribution in [0.15, 0.2) is 52.7 Å². The third kappa shape index (κ3) is 4.44. The summed E-state index contributed by atoms with van der Waals surface area (Å²) in [7, 11) is -1.84. The van der Waals surface area contributed by atoms with Gasteiger partial charge >= 0.3 is 0 Å². The summed E-state index contributed by atoms with van der Waals surface area (Å²) in [5.41, 5.74) is 1.93.